The molecule has 0 unspecified atom stereocenters. The number of nitrogens with zero attached hydrogens (tertiary/aromatic N) is 3. The molecule has 10 aromatic rings. The lowest BCUT2D eigenvalue weighted by atomic mass is 9.98. The third-order valence-electron chi connectivity index (χ3n) is 9.99. The van der Waals surface area contributed by atoms with Crippen molar-refractivity contribution >= 4 is 53.3 Å². The summed E-state index contributed by atoms with van der Waals surface area (Å²) in [6, 6.07) is 60.7. The summed E-state index contributed by atoms with van der Waals surface area (Å²) < 4.78 is 4.92. The lowest BCUT2D eigenvalue weighted by Crippen LogP contribution is -2.00. The maximum Gasteiger partial charge on any atom is 0.160 e. The van der Waals surface area contributed by atoms with E-state index in [4.69, 9.17) is 9.97 Å². The monoisotopic (exact) mass is 669 g/mol. The third kappa shape index (κ3) is 4.95. The molecule has 0 aliphatic heterocycles. The Morgan fingerprint density at radius 3 is 1.63 bits per heavy atom. The lowest BCUT2D eigenvalue weighted by Gasteiger charge is -2.14. The largest absolute Gasteiger partial charge is 0.309 e. The summed E-state index contributed by atoms with van der Waals surface area (Å²) in [6.07, 6.45) is 0. The van der Waals surface area contributed by atoms with E-state index in [-0.39, 0.29) is 0 Å². The summed E-state index contributed by atoms with van der Waals surface area (Å²) in [7, 11) is 0. The SMILES string of the molecule is Cc1c(-c2ccccc2)nc(-c2ccccc2)nc1-c1ccc2sc3ccc(-c4ccc5c(c4)c4ccccc4n5-c4ccccc4)cc3c2c1. The molecule has 0 aliphatic rings. The van der Waals surface area contributed by atoms with Crippen molar-refractivity contribution in [2.45, 2.75) is 6.92 Å². The van der Waals surface area contributed by atoms with Crippen LogP contribution in [0.2, 0.25) is 0 Å². The van der Waals surface area contributed by atoms with Gasteiger partial charge in [-0.2, -0.15) is 0 Å². The number of benzene rings is 7. The van der Waals surface area contributed by atoms with Crippen LogP contribution in [-0.2, 0) is 0 Å². The fourth-order valence-corrected chi connectivity index (χ4v) is 8.57. The van der Waals surface area contributed by atoms with Crippen LogP contribution in [0.25, 0.3) is 92.7 Å². The van der Waals surface area contributed by atoms with E-state index >= 15 is 0 Å². The zero-order valence-electron chi connectivity index (χ0n) is 27.9. The van der Waals surface area contributed by atoms with Crippen LogP contribution in [0.4, 0.5) is 0 Å². The molecule has 10 rings (SSSR count). The third-order valence-corrected chi connectivity index (χ3v) is 11.1. The molecule has 0 saturated carbocycles. The van der Waals surface area contributed by atoms with Crippen molar-refractivity contribution in [3.63, 3.8) is 0 Å². The molecule has 0 saturated heterocycles. The van der Waals surface area contributed by atoms with Crippen LogP contribution < -0.4 is 0 Å². The standard InChI is InChI=1S/C47H31N3S/c1-30-45(31-13-5-2-6-14-31)48-47(32-15-7-3-8-16-32)49-46(30)35-23-26-44-40(29-35)39-28-34(22-25-43(39)51-44)33-21-24-42-38(27-33)37-19-11-12-20-41(37)50(42)36-17-9-4-10-18-36/h2-29H,1H3. The Hall–Kier alpha value is -6.36. The minimum atomic E-state index is 0.733. The molecule has 3 heterocycles. The second kappa shape index (κ2) is 11.9. The van der Waals surface area contributed by atoms with E-state index in [0.717, 1.165) is 39.5 Å². The van der Waals surface area contributed by atoms with Crippen LogP contribution in [0.1, 0.15) is 5.56 Å². The van der Waals surface area contributed by atoms with Gasteiger partial charge in [-0.15, -0.1) is 11.3 Å². The van der Waals surface area contributed by atoms with Crippen LogP contribution in [0.3, 0.4) is 0 Å². The smallest absolute Gasteiger partial charge is 0.160 e. The zero-order chi connectivity index (χ0) is 33.9. The summed E-state index contributed by atoms with van der Waals surface area (Å²) in [6.45, 7) is 2.14. The summed E-state index contributed by atoms with van der Waals surface area (Å²) in [5.41, 5.74) is 12.2. The number of para-hydroxylation sites is 2. The zero-order valence-corrected chi connectivity index (χ0v) is 28.7. The summed E-state index contributed by atoms with van der Waals surface area (Å²) >= 11 is 1.84. The molecule has 3 aromatic heterocycles. The van der Waals surface area contributed by atoms with Gasteiger partial charge in [-0.1, -0.05) is 115 Å². The van der Waals surface area contributed by atoms with E-state index < -0.39 is 0 Å². The van der Waals surface area contributed by atoms with Crippen molar-refractivity contribution in [1.82, 2.24) is 14.5 Å². The highest BCUT2D eigenvalue weighted by Crippen LogP contribution is 2.41. The highest BCUT2D eigenvalue weighted by molar-refractivity contribution is 7.25. The molecule has 0 radical (unpaired) electrons. The molecule has 0 atom stereocenters. The first-order valence-electron chi connectivity index (χ1n) is 17.2. The van der Waals surface area contributed by atoms with Gasteiger partial charge >= 0.3 is 0 Å². The number of thiophene rings is 1. The average molecular weight is 670 g/mol. The van der Waals surface area contributed by atoms with Crippen molar-refractivity contribution < 1.29 is 0 Å². The fourth-order valence-electron chi connectivity index (χ4n) is 7.50. The Kier molecular flexibility index (Phi) is 6.90. The molecular weight excluding hydrogens is 639 g/mol. The van der Waals surface area contributed by atoms with Crippen LogP contribution in [0.15, 0.2) is 170 Å². The van der Waals surface area contributed by atoms with Gasteiger partial charge < -0.3 is 4.57 Å². The Balaban J connectivity index is 1.13. The van der Waals surface area contributed by atoms with Gasteiger partial charge in [0.15, 0.2) is 5.82 Å². The number of aromatic nitrogens is 3. The van der Waals surface area contributed by atoms with Crippen molar-refractivity contribution in [3.05, 3.63) is 175 Å². The fraction of sp³-hybridized carbons (Fsp3) is 0.0213. The van der Waals surface area contributed by atoms with Gasteiger partial charge in [0.2, 0.25) is 0 Å². The highest BCUT2D eigenvalue weighted by atomic mass is 32.1. The minimum absolute atomic E-state index is 0.733. The lowest BCUT2D eigenvalue weighted by molar-refractivity contribution is 1.15. The quantitative estimate of drug-likeness (QED) is 0.183. The number of hydrogen-bond acceptors (Lipinski definition) is 3. The van der Waals surface area contributed by atoms with Crippen LogP contribution >= 0.6 is 11.3 Å². The van der Waals surface area contributed by atoms with E-state index in [1.54, 1.807) is 0 Å². The molecule has 0 spiro atoms. The molecule has 0 aliphatic carbocycles. The van der Waals surface area contributed by atoms with Crippen molar-refractivity contribution in [2.24, 2.45) is 0 Å². The molecule has 3 nitrogen and oxygen atoms in total. The minimum Gasteiger partial charge on any atom is -0.309 e. The van der Waals surface area contributed by atoms with E-state index in [0.29, 0.717) is 0 Å². The maximum atomic E-state index is 5.20. The van der Waals surface area contributed by atoms with Gasteiger partial charge in [0.25, 0.3) is 0 Å². The maximum absolute atomic E-state index is 5.20. The predicted octanol–water partition coefficient (Wildman–Crippen LogP) is 12.9. The van der Waals surface area contributed by atoms with Gasteiger partial charge in [-0.25, -0.2) is 9.97 Å². The van der Waals surface area contributed by atoms with Crippen LogP contribution in [-0.4, -0.2) is 14.5 Å². The molecular formula is C47H31N3S. The van der Waals surface area contributed by atoms with Gasteiger partial charge in [-0.05, 0) is 72.6 Å². The Morgan fingerprint density at radius 2 is 0.922 bits per heavy atom. The Bertz CT molecular complexity index is 2910. The van der Waals surface area contributed by atoms with E-state index in [1.165, 1.54) is 58.8 Å². The first-order valence-corrected chi connectivity index (χ1v) is 18.1. The molecule has 51 heavy (non-hydrogen) atoms. The van der Waals surface area contributed by atoms with Crippen molar-refractivity contribution in [2.75, 3.05) is 0 Å². The molecule has 0 N–H and O–H groups in total. The Labute approximate surface area is 299 Å². The van der Waals surface area contributed by atoms with Crippen molar-refractivity contribution in [1.29, 1.82) is 0 Å². The average Bonchev–Trinajstić information content (AvgIpc) is 3.73. The van der Waals surface area contributed by atoms with Crippen molar-refractivity contribution in [3.8, 4) is 50.7 Å². The highest BCUT2D eigenvalue weighted by Gasteiger charge is 2.18. The Morgan fingerprint density at radius 1 is 0.412 bits per heavy atom. The first-order chi connectivity index (χ1) is 25.2. The molecule has 240 valence electrons. The normalized spacial score (nSPS) is 11.6. The molecule has 0 fully saturated rings. The van der Waals surface area contributed by atoms with Gasteiger partial charge in [0, 0.05) is 58.9 Å². The van der Waals surface area contributed by atoms with E-state index in [2.05, 4.69) is 157 Å². The van der Waals surface area contributed by atoms with Gasteiger partial charge in [0.05, 0.1) is 22.4 Å². The number of rotatable bonds is 5. The molecule has 0 bridgehead atoms. The molecule has 0 amide bonds. The van der Waals surface area contributed by atoms with E-state index in [1.807, 2.05) is 35.6 Å². The van der Waals surface area contributed by atoms with Gasteiger partial charge in [-0.3, -0.25) is 0 Å². The first kappa shape index (κ1) is 29.5. The predicted molar refractivity (Wildman–Crippen MR) is 216 cm³/mol. The van der Waals surface area contributed by atoms with Crippen LogP contribution in [0, 0.1) is 6.92 Å². The second-order valence-electron chi connectivity index (χ2n) is 13.0. The van der Waals surface area contributed by atoms with Gasteiger partial charge in [0.1, 0.15) is 0 Å². The van der Waals surface area contributed by atoms with Crippen LogP contribution in [0.5, 0.6) is 0 Å². The van der Waals surface area contributed by atoms with E-state index in [9.17, 15) is 0 Å². The molecule has 7 aromatic carbocycles. The number of hydrogen-bond donors (Lipinski definition) is 0. The summed E-state index contributed by atoms with van der Waals surface area (Å²) in [5, 5.41) is 5.03. The second-order valence-corrected chi connectivity index (χ2v) is 14.1. The molecule has 4 heteroatoms. The summed E-state index contributed by atoms with van der Waals surface area (Å²) in [5.74, 6) is 0.733. The number of fused-ring (bicyclic) bond motifs is 6. The summed E-state index contributed by atoms with van der Waals surface area (Å²) in [4.78, 5) is 10.3. The topological polar surface area (TPSA) is 30.7 Å².